The summed E-state index contributed by atoms with van der Waals surface area (Å²) in [5, 5.41) is 2.64. The van der Waals surface area contributed by atoms with E-state index in [-0.39, 0.29) is 18.3 Å². The third-order valence-electron chi connectivity index (χ3n) is 3.42. The van der Waals surface area contributed by atoms with Gasteiger partial charge in [0.15, 0.2) is 23.8 Å². The van der Waals surface area contributed by atoms with Gasteiger partial charge in [-0.25, -0.2) is 9.78 Å². The first-order valence-electron chi connectivity index (χ1n) is 7.73. The van der Waals surface area contributed by atoms with Gasteiger partial charge in [0.25, 0.3) is 5.91 Å². The molecule has 1 aliphatic rings. The molecule has 8 heteroatoms. The van der Waals surface area contributed by atoms with Gasteiger partial charge in [-0.15, -0.1) is 0 Å². The predicted molar refractivity (Wildman–Crippen MR) is 86.4 cm³/mol. The summed E-state index contributed by atoms with van der Waals surface area (Å²) in [5.41, 5.74) is 0.740. The van der Waals surface area contributed by atoms with E-state index in [1.54, 1.807) is 13.0 Å². The zero-order chi connectivity index (χ0) is 17.6. The number of hydrogen-bond acceptors (Lipinski definition) is 7. The fourth-order valence-corrected chi connectivity index (χ4v) is 2.15. The summed E-state index contributed by atoms with van der Waals surface area (Å²) in [6.45, 7) is 1.93. The molecule has 1 aromatic heterocycles. The second-order valence-corrected chi connectivity index (χ2v) is 5.42. The number of nitrogens with one attached hydrogen (secondary N) is 1. The number of hydrogen-bond donors (Lipinski definition) is 1. The fourth-order valence-electron chi connectivity index (χ4n) is 2.15. The number of ether oxygens (including phenoxy) is 3. The second-order valence-electron chi connectivity index (χ2n) is 5.42. The van der Waals surface area contributed by atoms with E-state index in [4.69, 9.17) is 14.2 Å². The normalized spacial score (nSPS) is 15.3. The molecule has 0 radical (unpaired) electrons. The molecule has 1 aliphatic heterocycles. The predicted octanol–water partition coefficient (Wildman–Crippen LogP) is 0.898. The number of aromatic nitrogens is 2. The third-order valence-corrected chi connectivity index (χ3v) is 3.42. The number of carbonyl (C=O) groups is 2. The number of carbonyl (C=O) groups excluding carboxylic acids is 2. The summed E-state index contributed by atoms with van der Waals surface area (Å²) in [6, 6.07) is 7.32. The van der Waals surface area contributed by atoms with E-state index < -0.39 is 18.5 Å². The van der Waals surface area contributed by atoms with Crippen LogP contribution in [0.1, 0.15) is 16.2 Å². The van der Waals surface area contributed by atoms with Crippen LogP contribution in [0.5, 0.6) is 11.5 Å². The van der Waals surface area contributed by atoms with Crippen molar-refractivity contribution < 1.29 is 23.8 Å². The fraction of sp³-hybridized carbons (Fsp3) is 0.294. The minimum atomic E-state index is -0.700. The Labute approximate surface area is 144 Å². The highest BCUT2D eigenvalue weighted by atomic mass is 16.6. The van der Waals surface area contributed by atoms with E-state index in [1.807, 2.05) is 18.2 Å². The van der Waals surface area contributed by atoms with Crippen LogP contribution in [-0.4, -0.2) is 47.7 Å². The lowest BCUT2D eigenvalue weighted by Crippen LogP contribution is -2.42. The van der Waals surface area contributed by atoms with Crippen LogP contribution in [-0.2, 0) is 9.53 Å². The smallest absolute Gasteiger partial charge is 0.359 e. The second kappa shape index (κ2) is 7.61. The van der Waals surface area contributed by atoms with Gasteiger partial charge in [-0.3, -0.25) is 9.78 Å². The van der Waals surface area contributed by atoms with E-state index in [2.05, 4.69) is 15.3 Å². The SMILES string of the molecule is Cc1cnc(C(=O)OCC(=O)NC[C@H]2COc3ccccc3O2)cn1. The average Bonchev–Trinajstić information content (AvgIpc) is 2.65. The van der Waals surface area contributed by atoms with E-state index in [9.17, 15) is 9.59 Å². The molecule has 3 rings (SSSR count). The molecule has 130 valence electrons. The van der Waals surface area contributed by atoms with Crippen LogP contribution in [0, 0.1) is 6.92 Å². The van der Waals surface area contributed by atoms with Crippen LogP contribution in [0.4, 0.5) is 0 Å². The van der Waals surface area contributed by atoms with Crippen molar-refractivity contribution in [3.63, 3.8) is 0 Å². The van der Waals surface area contributed by atoms with Crippen LogP contribution in [0.15, 0.2) is 36.7 Å². The molecular weight excluding hydrogens is 326 g/mol. The summed E-state index contributed by atoms with van der Waals surface area (Å²) in [4.78, 5) is 31.4. The molecule has 8 nitrogen and oxygen atoms in total. The Morgan fingerprint density at radius 1 is 1.24 bits per heavy atom. The maximum absolute atomic E-state index is 11.8. The van der Waals surface area contributed by atoms with Gasteiger partial charge in [-0.05, 0) is 19.1 Å². The largest absolute Gasteiger partial charge is 0.486 e. The van der Waals surface area contributed by atoms with E-state index in [0.29, 0.717) is 23.8 Å². The molecule has 2 heterocycles. The van der Waals surface area contributed by atoms with Gasteiger partial charge in [0, 0.05) is 6.20 Å². The summed E-state index contributed by atoms with van der Waals surface area (Å²) in [6.07, 6.45) is 2.45. The zero-order valence-corrected chi connectivity index (χ0v) is 13.6. The highest BCUT2D eigenvalue weighted by Crippen LogP contribution is 2.30. The van der Waals surface area contributed by atoms with E-state index in [1.165, 1.54) is 12.4 Å². The summed E-state index contributed by atoms with van der Waals surface area (Å²) in [5.74, 6) is 0.181. The number of nitrogens with zero attached hydrogens (tertiary/aromatic N) is 2. The third kappa shape index (κ3) is 4.43. The number of benzene rings is 1. The van der Waals surface area contributed by atoms with Crippen molar-refractivity contribution in [1.29, 1.82) is 0 Å². The Morgan fingerprint density at radius 3 is 2.80 bits per heavy atom. The number of amides is 1. The van der Waals surface area contributed by atoms with Gasteiger partial charge in [0.05, 0.1) is 18.4 Å². The molecule has 2 aromatic rings. The first-order valence-corrected chi connectivity index (χ1v) is 7.73. The maximum Gasteiger partial charge on any atom is 0.359 e. The van der Waals surface area contributed by atoms with Crippen LogP contribution >= 0.6 is 0 Å². The van der Waals surface area contributed by atoms with Gasteiger partial charge in [-0.2, -0.15) is 0 Å². The Morgan fingerprint density at radius 2 is 2.04 bits per heavy atom. The molecule has 1 atom stereocenters. The molecule has 0 spiro atoms. The lowest BCUT2D eigenvalue weighted by Gasteiger charge is -2.26. The van der Waals surface area contributed by atoms with Crippen molar-refractivity contribution in [3.8, 4) is 11.5 Å². The first-order chi connectivity index (χ1) is 12.1. The van der Waals surface area contributed by atoms with Gasteiger partial charge in [0.1, 0.15) is 12.7 Å². The van der Waals surface area contributed by atoms with Crippen molar-refractivity contribution in [2.24, 2.45) is 0 Å². The quantitative estimate of drug-likeness (QED) is 0.805. The Balaban J connectivity index is 1.41. The number of rotatable bonds is 5. The maximum atomic E-state index is 11.8. The van der Waals surface area contributed by atoms with Crippen LogP contribution in [0.25, 0.3) is 0 Å². The van der Waals surface area contributed by atoms with Crippen molar-refractivity contribution in [2.75, 3.05) is 19.8 Å². The average molecular weight is 343 g/mol. The summed E-state index contributed by atoms with van der Waals surface area (Å²) < 4.78 is 16.2. The monoisotopic (exact) mass is 343 g/mol. The zero-order valence-electron chi connectivity index (χ0n) is 13.6. The standard InChI is InChI=1S/C17H17N3O5/c1-11-6-19-13(8-18-11)17(22)24-10-16(21)20-7-12-9-23-14-4-2-3-5-15(14)25-12/h2-6,8,12H,7,9-10H2,1H3,(H,20,21)/t12-/m0/s1. The van der Waals surface area contributed by atoms with Gasteiger partial charge in [-0.1, -0.05) is 12.1 Å². The lowest BCUT2D eigenvalue weighted by molar-refractivity contribution is -0.124. The molecule has 0 bridgehead atoms. The Kier molecular flexibility index (Phi) is 5.08. The van der Waals surface area contributed by atoms with Crippen LogP contribution in [0.2, 0.25) is 0 Å². The van der Waals surface area contributed by atoms with Crippen molar-refractivity contribution in [1.82, 2.24) is 15.3 Å². The molecule has 1 N–H and O–H groups in total. The van der Waals surface area contributed by atoms with Gasteiger partial charge >= 0.3 is 5.97 Å². The number of aryl methyl sites for hydroxylation is 1. The molecule has 0 aliphatic carbocycles. The van der Waals surface area contributed by atoms with Gasteiger partial charge < -0.3 is 19.5 Å². The van der Waals surface area contributed by atoms with E-state index in [0.717, 1.165) is 0 Å². The highest BCUT2D eigenvalue weighted by Gasteiger charge is 2.21. The van der Waals surface area contributed by atoms with Gasteiger partial charge in [0.2, 0.25) is 0 Å². The summed E-state index contributed by atoms with van der Waals surface area (Å²) in [7, 11) is 0. The molecule has 0 saturated carbocycles. The molecule has 1 amide bonds. The Bertz CT molecular complexity index is 763. The van der Waals surface area contributed by atoms with Crippen molar-refractivity contribution >= 4 is 11.9 Å². The highest BCUT2D eigenvalue weighted by molar-refractivity contribution is 5.89. The lowest BCUT2D eigenvalue weighted by atomic mass is 10.2. The number of esters is 1. The molecular formula is C17H17N3O5. The minimum absolute atomic E-state index is 0.0546. The number of para-hydroxylation sites is 2. The van der Waals surface area contributed by atoms with Crippen LogP contribution < -0.4 is 14.8 Å². The summed E-state index contributed by atoms with van der Waals surface area (Å²) >= 11 is 0. The van der Waals surface area contributed by atoms with E-state index >= 15 is 0 Å². The topological polar surface area (TPSA) is 99.6 Å². The molecule has 25 heavy (non-hydrogen) atoms. The molecule has 1 aromatic carbocycles. The molecule has 0 saturated heterocycles. The van der Waals surface area contributed by atoms with Crippen LogP contribution in [0.3, 0.4) is 0 Å². The van der Waals surface area contributed by atoms with Crippen molar-refractivity contribution in [2.45, 2.75) is 13.0 Å². The first kappa shape index (κ1) is 16.7. The molecule has 0 unspecified atom stereocenters. The van der Waals surface area contributed by atoms with Crippen molar-refractivity contribution in [3.05, 3.63) is 48.0 Å². The Hall–Kier alpha value is -3.16. The minimum Gasteiger partial charge on any atom is -0.486 e. The molecule has 0 fully saturated rings. The number of fused-ring (bicyclic) bond motifs is 1.